The van der Waals surface area contributed by atoms with Gasteiger partial charge in [0.05, 0.1) is 12.6 Å². The molecule has 4 nitrogen and oxygen atoms in total. The Bertz CT molecular complexity index is 664. The van der Waals surface area contributed by atoms with E-state index in [-0.39, 0.29) is 23.1 Å². The number of rotatable bonds is 8. The van der Waals surface area contributed by atoms with Gasteiger partial charge in [0.25, 0.3) is 5.91 Å². The first kappa shape index (κ1) is 22.5. The molecular weight excluding hydrogens is 378 g/mol. The van der Waals surface area contributed by atoms with E-state index in [2.05, 4.69) is 50.9 Å². The predicted molar refractivity (Wildman–Crippen MR) is 120 cm³/mol. The van der Waals surface area contributed by atoms with E-state index < -0.39 is 8.32 Å². The molecule has 0 spiro atoms. The Morgan fingerprint density at radius 1 is 1.07 bits per heavy atom. The number of hydrogen-bond donors (Lipinski definition) is 0. The Hall–Kier alpha value is -1.17. The van der Waals surface area contributed by atoms with Gasteiger partial charge in [0.15, 0.2) is 14.4 Å². The molecule has 29 heavy (non-hydrogen) atoms. The second-order valence-electron chi connectivity index (χ2n) is 10.2. The molecule has 1 aromatic carbocycles. The van der Waals surface area contributed by atoms with Crippen molar-refractivity contribution in [2.75, 3.05) is 6.61 Å². The third-order valence-corrected chi connectivity index (χ3v) is 11.7. The molecule has 0 unspecified atom stereocenters. The van der Waals surface area contributed by atoms with E-state index >= 15 is 0 Å². The van der Waals surface area contributed by atoms with E-state index in [4.69, 9.17) is 9.16 Å². The molecule has 1 saturated carbocycles. The van der Waals surface area contributed by atoms with Crippen LogP contribution in [0.2, 0.25) is 18.1 Å². The Balaban J connectivity index is 1.62. The molecule has 1 aliphatic heterocycles. The van der Waals surface area contributed by atoms with E-state index in [0.29, 0.717) is 19.3 Å². The fourth-order valence-corrected chi connectivity index (χ4v) is 5.29. The fourth-order valence-electron chi connectivity index (χ4n) is 4.23. The van der Waals surface area contributed by atoms with E-state index in [9.17, 15) is 4.79 Å². The standard InChI is InChI=1S/C24H39NO3Si/c1-24(2,3)29(4,5)28-17-16-21-22(27-18-19-12-8-6-9-13-19)23(26)25(21)20-14-10-7-11-15-20/h6,8-9,12-13,20-22H,7,10-11,14-18H2,1-5H3/t21-,22+/m1/s1. The van der Waals surface area contributed by atoms with Crippen molar-refractivity contribution in [1.29, 1.82) is 0 Å². The lowest BCUT2D eigenvalue weighted by Crippen LogP contribution is -2.69. The van der Waals surface area contributed by atoms with Crippen molar-refractivity contribution < 1.29 is 14.0 Å². The van der Waals surface area contributed by atoms with E-state index in [1.54, 1.807) is 0 Å². The Morgan fingerprint density at radius 3 is 2.34 bits per heavy atom. The van der Waals surface area contributed by atoms with Crippen molar-refractivity contribution in [3.63, 3.8) is 0 Å². The minimum absolute atomic E-state index is 0.152. The topological polar surface area (TPSA) is 38.8 Å². The molecule has 1 amide bonds. The van der Waals surface area contributed by atoms with Gasteiger partial charge >= 0.3 is 0 Å². The Labute approximate surface area is 178 Å². The van der Waals surface area contributed by atoms with Gasteiger partial charge in [-0.2, -0.15) is 0 Å². The maximum Gasteiger partial charge on any atom is 0.254 e. The fraction of sp³-hybridized carbons (Fsp3) is 0.708. The van der Waals surface area contributed by atoms with Crippen molar-refractivity contribution in [2.45, 2.75) is 102 Å². The number of benzene rings is 1. The van der Waals surface area contributed by atoms with Crippen molar-refractivity contribution >= 4 is 14.2 Å². The first-order valence-electron chi connectivity index (χ1n) is 11.3. The van der Waals surface area contributed by atoms with Gasteiger partial charge in [0, 0.05) is 12.6 Å². The Morgan fingerprint density at radius 2 is 1.72 bits per heavy atom. The molecule has 0 aromatic heterocycles. The highest BCUT2D eigenvalue weighted by molar-refractivity contribution is 6.74. The molecule has 1 heterocycles. The maximum atomic E-state index is 13.0. The number of hydrogen-bond acceptors (Lipinski definition) is 3. The van der Waals surface area contributed by atoms with Crippen LogP contribution in [-0.4, -0.2) is 43.9 Å². The molecular formula is C24H39NO3Si. The molecule has 1 aliphatic carbocycles. The van der Waals surface area contributed by atoms with Gasteiger partial charge in [-0.1, -0.05) is 70.4 Å². The summed E-state index contributed by atoms with van der Waals surface area (Å²) in [6.07, 6.45) is 6.59. The number of likely N-dealkylation sites (tertiary alicyclic amines) is 1. The third kappa shape index (κ3) is 5.31. The zero-order chi connectivity index (χ0) is 21.1. The molecule has 3 rings (SSSR count). The Kier molecular flexibility index (Phi) is 7.23. The second kappa shape index (κ2) is 9.32. The van der Waals surface area contributed by atoms with Crippen LogP contribution >= 0.6 is 0 Å². The highest BCUT2D eigenvalue weighted by Gasteiger charge is 2.51. The quantitative estimate of drug-likeness (QED) is 0.412. The molecule has 5 heteroatoms. The smallest absolute Gasteiger partial charge is 0.254 e. The highest BCUT2D eigenvalue weighted by Crippen LogP contribution is 2.38. The molecule has 0 N–H and O–H groups in total. The average molecular weight is 418 g/mol. The lowest BCUT2D eigenvalue weighted by atomic mass is 9.86. The van der Waals surface area contributed by atoms with Crippen molar-refractivity contribution in [1.82, 2.24) is 4.90 Å². The van der Waals surface area contributed by atoms with Gasteiger partial charge in [-0.15, -0.1) is 0 Å². The number of carbonyl (C=O) groups excluding carboxylic acids is 1. The average Bonchev–Trinajstić information content (AvgIpc) is 2.68. The van der Waals surface area contributed by atoms with Crippen LogP contribution < -0.4 is 0 Å². The number of ether oxygens (including phenoxy) is 1. The predicted octanol–water partition coefficient (Wildman–Crippen LogP) is 5.53. The van der Waals surface area contributed by atoms with E-state index in [0.717, 1.165) is 24.8 Å². The largest absolute Gasteiger partial charge is 0.417 e. The summed E-state index contributed by atoms with van der Waals surface area (Å²) in [5.74, 6) is 0.185. The number of amides is 1. The normalized spacial score (nSPS) is 23.9. The summed E-state index contributed by atoms with van der Waals surface area (Å²) in [6.45, 7) is 12.6. The molecule has 0 radical (unpaired) electrons. The van der Waals surface area contributed by atoms with Crippen LogP contribution in [0.5, 0.6) is 0 Å². The van der Waals surface area contributed by atoms with Crippen LogP contribution in [0, 0.1) is 0 Å². The van der Waals surface area contributed by atoms with Gasteiger partial charge in [0.1, 0.15) is 0 Å². The summed E-state index contributed by atoms with van der Waals surface area (Å²) in [6, 6.07) is 10.7. The van der Waals surface area contributed by atoms with Crippen LogP contribution in [0.1, 0.15) is 64.9 Å². The zero-order valence-electron chi connectivity index (χ0n) is 18.9. The summed E-state index contributed by atoms with van der Waals surface area (Å²) in [5.41, 5.74) is 1.12. The first-order chi connectivity index (χ1) is 13.7. The van der Waals surface area contributed by atoms with Crippen LogP contribution in [0.4, 0.5) is 0 Å². The molecule has 2 atom stereocenters. The lowest BCUT2D eigenvalue weighted by molar-refractivity contribution is -0.184. The van der Waals surface area contributed by atoms with Gasteiger partial charge in [-0.05, 0) is 43.0 Å². The number of β-lactam (4-membered cyclic amide) rings is 1. The molecule has 1 saturated heterocycles. The first-order valence-corrected chi connectivity index (χ1v) is 14.2. The highest BCUT2D eigenvalue weighted by atomic mass is 28.4. The van der Waals surface area contributed by atoms with Gasteiger partial charge in [0.2, 0.25) is 0 Å². The van der Waals surface area contributed by atoms with Crippen LogP contribution in [-0.2, 0) is 20.6 Å². The summed E-state index contributed by atoms with van der Waals surface area (Å²) in [5, 5.41) is 0.203. The van der Waals surface area contributed by atoms with Gasteiger partial charge in [-0.25, -0.2) is 0 Å². The van der Waals surface area contributed by atoms with Gasteiger partial charge in [-0.3, -0.25) is 4.79 Å². The van der Waals surface area contributed by atoms with E-state index in [1.807, 2.05) is 18.2 Å². The van der Waals surface area contributed by atoms with Crippen LogP contribution in [0.3, 0.4) is 0 Å². The van der Waals surface area contributed by atoms with Gasteiger partial charge < -0.3 is 14.1 Å². The summed E-state index contributed by atoms with van der Waals surface area (Å²) in [7, 11) is -1.78. The summed E-state index contributed by atoms with van der Waals surface area (Å²) >= 11 is 0. The number of nitrogens with zero attached hydrogens (tertiary/aromatic N) is 1. The maximum absolute atomic E-state index is 13.0. The zero-order valence-corrected chi connectivity index (χ0v) is 19.9. The minimum Gasteiger partial charge on any atom is -0.417 e. The van der Waals surface area contributed by atoms with E-state index in [1.165, 1.54) is 19.3 Å². The molecule has 2 aliphatic rings. The van der Waals surface area contributed by atoms with Crippen molar-refractivity contribution in [3.8, 4) is 0 Å². The van der Waals surface area contributed by atoms with Crippen LogP contribution in [0.25, 0.3) is 0 Å². The summed E-state index contributed by atoms with van der Waals surface area (Å²) in [4.78, 5) is 15.1. The van der Waals surface area contributed by atoms with Crippen molar-refractivity contribution in [2.24, 2.45) is 0 Å². The molecule has 2 fully saturated rings. The second-order valence-corrected chi connectivity index (χ2v) is 15.0. The number of carbonyl (C=O) groups is 1. The van der Waals surface area contributed by atoms with Crippen molar-refractivity contribution in [3.05, 3.63) is 35.9 Å². The monoisotopic (exact) mass is 417 g/mol. The molecule has 162 valence electrons. The SMILES string of the molecule is CC(C)(C)[Si](C)(C)OCC[C@@H]1[C@H](OCc2ccccc2)C(=O)N1C1CCCCC1. The molecule has 1 aromatic rings. The minimum atomic E-state index is -1.78. The summed E-state index contributed by atoms with van der Waals surface area (Å²) < 4.78 is 12.6. The molecule has 0 bridgehead atoms. The van der Waals surface area contributed by atoms with Crippen LogP contribution in [0.15, 0.2) is 30.3 Å². The lowest BCUT2D eigenvalue weighted by Gasteiger charge is -2.52. The third-order valence-electron chi connectivity index (χ3n) is 7.13.